The summed E-state index contributed by atoms with van der Waals surface area (Å²) in [7, 11) is 1.71. The van der Waals surface area contributed by atoms with Crippen LogP contribution in [0.5, 0.6) is 11.5 Å². The second kappa shape index (κ2) is 6.32. The highest BCUT2D eigenvalue weighted by Crippen LogP contribution is 2.45. The number of fused-ring (bicyclic) bond motifs is 2. The lowest BCUT2D eigenvalue weighted by molar-refractivity contribution is 0.417. The Balaban J connectivity index is 2.21. The number of benzene rings is 4. The van der Waals surface area contributed by atoms with E-state index in [9.17, 15) is 0 Å². The number of ether oxygens (including phenoxy) is 1. The first kappa shape index (κ1) is 15.3. The molecule has 2 nitrogen and oxygen atoms in total. The lowest BCUT2D eigenvalue weighted by Crippen LogP contribution is -1.93. The van der Waals surface area contributed by atoms with E-state index in [1.807, 2.05) is 35.1 Å². The average molecular weight is 426 g/mol. The van der Waals surface area contributed by atoms with Crippen molar-refractivity contribution in [3.63, 3.8) is 0 Å². The molecule has 0 radical (unpaired) electrons. The van der Waals surface area contributed by atoms with Gasteiger partial charge in [-0.05, 0) is 33.7 Å². The van der Waals surface area contributed by atoms with Gasteiger partial charge in [-0.1, -0.05) is 60.7 Å². The first-order valence-electron chi connectivity index (χ1n) is 7.70. The molecule has 0 bridgehead atoms. The van der Waals surface area contributed by atoms with Crippen molar-refractivity contribution in [1.29, 1.82) is 0 Å². The van der Waals surface area contributed by atoms with Crippen LogP contribution in [0.2, 0.25) is 0 Å². The largest absolute Gasteiger partial charge is 0.496 e. The van der Waals surface area contributed by atoms with E-state index < -0.39 is 0 Å². The van der Waals surface area contributed by atoms with Crippen molar-refractivity contribution in [2.24, 2.45) is 0 Å². The normalized spacial score (nSPS) is 10.9. The van der Waals surface area contributed by atoms with Crippen molar-refractivity contribution in [2.75, 3.05) is 7.11 Å². The Morgan fingerprint density at radius 3 is 1.67 bits per heavy atom. The van der Waals surface area contributed by atoms with Crippen LogP contribution in [0.15, 0.2) is 72.8 Å². The van der Waals surface area contributed by atoms with Crippen molar-refractivity contribution in [2.45, 2.75) is 0 Å². The van der Waals surface area contributed by atoms with Gasteiger partial charge in [0.15, 0.2) is 23.0 Å². The van der Waals surface area contributed by atoms with E-state index in [2.05, 4.69) is 60.7 Å². The van der Waals surface area contributed by atoms with Crippen molar-refractivity contribution < 1.29 is 7.80 Å². The van der Waals surface area contributed by atoms with Crippen molar-refractivity contribution in [1.82, 2.24) is 0 Å². The first-order chi connectivity index (χ1) is 11.8. The molecule has 0 amide bonds. The Hall–Kier alpha value is -2.27. The number of methoxy groups -OCH3 is 1. The van der Waals surface area contributed by atoms with Gasteiger partial charge in [-0.3, -0.25) is 0 Å². The predicted octanol–water partition coefficient (Wildman–Crippen LogP) is 6.40. The molecule has 0 spiro atoms. The molecule has 0 aliphatic carbocycles. The van der Waals surface area contributed by atoms with Gasteiger partial charge in [0.1, 0.15) is 11.5 Å². The van der Waals surface area contributed by atoms with Crippen LogP contribution in [-0.4, -0.2) is 7.11 Å². The van der Waals surface area contributed by atoms with Gasteiger partial charge in [-0.25, -0.2) is 0 Å². The zero-order valence-corrected chi connectivity index (χ0v) is 15.3. The molecule has 4 aromatic carbocycles. The summed E-state index contributed by atoms with van der Waals surface area (Å²) in [5, 5.41) is 4.67. The number of hydrogen-bond acceptors (Lipinski definition) is 2. The summed E-state index contributed by atoms with van der Waals surface area (Å²) in [4.78, 5) is 0. The van der Waals surface area contributed by atoms with Crippen molar-refractivity contribution in [3.05, 3.63) is 72.8 Å². The van der Waals surface area contributed by atoms with Gasteiger partial charge >= 0.3 is 0 Å². The zero-order chi connectivity index (χ0) is 16.5. The molecule has 3 heteroatoms. The fraction of sp³-hybridized carbons (Fsp3) is 0.0476. The SMILES string of the molecule is COc1ccc2ccccc2c1-c1c(OI)ccc2ccccc12. The quantitative estimate of drug-likeness (QED) is 0.353. The highest BCUT2D eigenvalue weighted by Gasteiger charge is 2.18. The molecule has 0 saturated heterocycles. The molecule has 118 valence electrons. The van der Waals surface area contributed by atoms with Crippen LogP contribution in [0.1, 0.15) is 0 Å². The predicted molar refractivity (Wildman–Crippen MR) is 108 cm³/mol. The van der Waals surface area contributed by atoms with Gasteiger partial charge in [0.2, 0.25) is 0 Å². The van der Waals surface area contributed by atoms with Crippen LogP contribution in [0, 0.1) is 0 Å². The summed E-state index contributed by atoms with van der Waals surface area (Å²) in [5.74, 6) is 1.68. The summed E-state index contributed by atoms with van der Waals surface area (Å²) in [6.45, 7) is 0. The maximum absolute atomic E-state index is 5.70. The van der Waals surface area contributed by atoms with E-state index >= 15 is 0 Å². The smallest absolute Gasteiger partial charge is 0.192 e. The topological polar surface area (TPSA) is 18.5 Å². The van der Waals surface area contributed by atoms with Crippen LogP contribution in [0.4, 0.5) is 0 Å². The Bertz CT molecular complexity index is 955. The molecular formula is C21H15IO2. The van der Waals surface area contributed by atoms with Crippen LogP contribution >= 0.6 is 23.0 Å². The molecule has 0 aliphatic rings. The monoisotopic (exact) mass is 426 g/mol. The molecule has 4 rings (SSSR count). The van der Waals surface area contributed by atoms with E-state index in [1.165, 1.54) is 10.8 Å². The Morgan fingerprint density at radius 1 is 0.625 bits per heavy atom. The lowest BCUT2D eigenvalue weighted by Gasteiger charge is -2.17. The number of rotatable bonds is 3. The molecule has 0 atom stereocenters. The molecular weight excluding hydrogens is 411 g/mol. The molecule has 24 heavy (non-hydrogen) atoms. The minimum Gasteiger partial charge on any atom is -0.496 e. The van der Waals surface area contributed by atoms with Gasteiger partial charge in [0.05, 0.1) is 7.11 Å². The molecule has 0 unspecified atom stereocenters. The first-order valence-corrected chi connectivity index (χ1v) is 8.58. The zero-order valence-electron chi connectivity index (χ0n) is 13.1. The standard InChI is InChI=1S/C21H15IO2/c1-23-18-12-10-14-6-2-4-8-16(14)20(18)21-17-9-5-3-7-15(17)11-13-19(21)24-22/h2-13H,1H3. The Labute approximate surface area is 154 Å². The third-order valence-electron chi connectivity index (χ3n) is 4.33. The van der Waals surface area contributed by atoms with Crippen LogP contribution < -0.4 is 7.80 Å². The van der Waals surface area contributed by atoms with E-state index in [0.717, 1.165) is 33.4 Å². The van der Waals surface area contributed by atoms with Crippen LogP contribution in [0.25, 0.3) is 32.7 Å². The van der Waals surface area contributed by atoms with Gasteiger partial charge in [-0.2, -0.15) is 0 Å². The summed E-state index contributed by atoms with van der Waals surface area (Å²) in [6, 6.07) is 24.9. The highest BCUT2D eigenvalue weighted by atomic mass is 127. The molecule has 0 aliphatic heterocycles. The van der Waals surface area contributed by atoms with Crippen LogP contribution in [0.3, 0.4) is 0 Å². The van der Waals surface area contributed by atoms with Gasteiger partial charge < -0.3 is 7.80 Å². The second-order valence-electron chi connectivity index (χ2n) is 5.60. The lowest BCUT2D eigenvalue weighted by atomic mass is 9.92. The van der Waals surface area contributed by atoms with Crippen LogP contribution in [-0.2, 0) is 0 Å². The average Bonchev–Trinajstić information content (AvgIpc) is 2.66. The Morgan fingerprint density at radius 2 is 1.12 bits per heavy atom. The molecule has 0 fully saturated rings. The maximum atomic E-state index is 5.70. The third kappa shape index (κ3) is 2.40. The fourth-order valence-electron chi connectivity index (χ4n) is 3.25. The van der Waals surface area contributed by atoms with Gasteiger partial charge in [0.25, 0.3) is 0 Å². The number of halogens is 1. The molecule has 0 N–H and O–H groups in total. The van der Waals surface area contributed by atoms with Crippen molar-refractivity contribution >= 4 is 44.6 Å². The van der Waals surface area contributed by atoms with E-state index in [-0.39, 0.29) is 0 Å². The van der Waals surface area contributed by atoms with E-state index in [4.69, 9.17) is 7.80 Å². The van der Waals surface area contributed by atoms with E-state index in [0.29, 0.717) is 0 Å². The molecule has 4 aromatic rings. The van der Waals surface area contributed by atoms with Crippen molar-refractivity contribution in [3.8, 4) is 22.6 Å². The summed E-state index contributed by atoms with van der Waals surface area (Å²) in [5.41, 5.74) is 2.13. The Kier molecular flexibility index (Phi) is 4.02. The number of hydrogen-bond donors (Lipinski definition) is 0. The second-order valence-corrected chi connectivity index (χ2v) is 6.04. The van der Waals surface area contributed by atoms with Gasteiger partial charge in [0, 0.05) is 11.1 Å². The molecule has 0 aromatic heterocycles. The highest BCUT2D eigenvalue weighted by molar-refractivity contribution is 14.1. The summed E-state index contributed by atoms with van der Waals surface area (Å²) < 4.78 is 11.4. The maximum Gasteiger partial charge on any atom is 0.192 e. The summed E-state index contributed by atoms with van der Waals surface area (Å²) in [6.07, 6.45) is 0. The van der Waals surface area contributed by atoms with E-state index in [1.54, 1.807) is 7.11 Å². The summed E-state index contributed by atoms with van der Waals surface area (Å²) >= 11 is 1.95. The minimum atomic E-state index is 0.837. The molecule has 0 saturated carbocycles. The fourth-order valence-corrected chi connectivity index (χ4v) is 3.62. The third-order valence-corrected chi connectivity index (χ3v) is 4.81. The minimum absolute atomic E-state index is 0.837. The van der Waals surface area contributed by atoms with Gasteiger partial charge in [-0.15, -0.1) is 0 Å². The molecule has 0 heterocycles.